The van der Waals surface area contributed by atoms with Crippen LogP contribution in [0.5, 0.6) is 0 Å². The standard InChI is InChI=1S/C8H21N2O2P/c1-7(2)9-5-6-10-13(11,12)8(3)4/h7-9H,5-6H2,1-4H3,(H2,10,11,12). The predicted octanol–water partition coefficient (Wildman–Crippen LogP) is 1.17. The van der Waals surface area contributed by atoms with Crippen molar-refractivity contribution in [3.63, 3.8) is 0 Å². The molecule has 5 heteroatoms. The lowest BCUT2D eigenvalue weighted by Crippen LogP contribution is -2.31. The van der Waals surface area contributed by atoms with Gasteiger partial charge in [0.25, 0.3) is 7.52 Å². The molecule has 80 valence electrons. The average Bonchev–Trinajstić information content (AvgIpc) is 1.97. The van der Waals surface area contributed by atoms with E-state index in [2.05, 4.69) is 10.4 Å². The highest BCUT2D eigenvalue weighted by Crippen LogP contribution is 2.40. The maximum absolute atomic E-state index is 11.4. The van der Waals surface area contributed by atoms with Crippen LogP contribution in [-0.4, -0.2) is 29.7 Å². The molecule has 0 aromatic heterocycles. The second kappa shape index (κ2) is 5.76. The Hall–Kier alpha value is 0.110. The molecule has 0 bridgehead atoms. The molecule has 0 aliphatic heterocycles. The molecule has 1 unspecified atom stereocenters. The van der Waals surface area contributed by atoms with E-state index in [4.69, 9.17) is 0 Å². The van der Waals surface area contributed by atoms with E-state index in [0.29, 0.717) is 12.6 Å². The van der Waals surface area contributed by atoms with E-state index in [1.54, 1.807) is 13.8 Å². The zero-order valence-corrected chi connectivity index (χ0v) is 9.77. The maximum Gasteiger partial charge on any atom is 0.269 e. The fourth-order valence-electron chi connectivity index (χ4n) is 0.760. The van der Waals surface area contributed by atoms with Gasteiger partial charge >= 0.3 is 0 Å². The first-order chi connectivity index (χ1) is 5.86. The summed E-state index contributed by atoms with van der Waals surface area (Å²) < 4.78 is 11.4. The summed E-state index contributed by atoms with van der Waals surface area (Å²) in [4.78, 5) is 9.37. The second-order valence-corrected chi connectivity index (χ2v) is 6.33. The van der Waals surface area contributed by atoms with Crippen molar-refractivity contribution in [2.45, 2.75) is 39.4 Å². The Morgan fingerprint density at radius 2 is 1.77 bits per heavy atom. The molecule has 0 aliphatic carbocycles. The third kappa shape index (κ3) is 6.22. The number of nitrogens with one attached hydrogen (secondary N) is 2. The molecule has 4 nitrogen and oxygen atoms in total. The average molecular weight is 208 g/mol. The molecule has 0 aliphatic rings. The van der Waals surface area contributed by atoms with Gasteiger partial charge in [-0.1, -0.05) is 27.7 Å². The zero-order chi connectivity index (χ0) is 10.5. The number of hydrogen-bond donors (Lipinski definition) is 3. The van der Waals surface area contributed by atoms with Crippen LogP contribution in [0.15, 0.2) is 0 Å². The molecule has 0 aromatic carbocycles. The molecule has 0 heterocycles. The molecule has 0 aromatic rings. The van der Waals surface area contributed by atoms with Crippen LogP contribution >= 0.6 is 7.52 Å². The van der Waals surface area contributed by atoms with Crippen LogP contribution < -0.4 is 10.4 Å². The molecule has 3 N–H and O–H groups in total. The minimum absolute atomic E-state index is 0.216. The summed E-state index contributed by atoms with van der Waals surface area (Å²) in [6.45, 7) is 8.81. The molecule has 0 spiro atoms. The summed E-state index contributed by atoms with van der Waals surface area (Å²) in [5, 5.41) is 5.82. The van der Waals surface area contributed by atoms with Crippen molar-refractivity contribution in [1.29, 1.82) is 0 Å². The van der Waals surface area contributed by atoms with Crippen LogP contribution in [0, 0.1) is 0 Å². The first-order valence-electron chi connectivity index (χ1n) is 4.67. The quantitative estimate of drug-likeness (QED) is 0.453. The van der Waals surface area contributed by atoms with E-state index in [-0.39, 0.29) is 5.66 Å². The van der Waals surface area contributed by atoms with E-state index < -0.39 is 7.52 Å². The predicted molar refractivity (Wildman–Crippen MR) is 56.1 cm³/mol. The van der Waals surface area contributed by atoms with Gasteiger partial charge in [0.1, 0.15) is 0 Å². The maximum atomic E-state index is 11.4. The van der Waals surface area contributed by atoms with Gasteiger partial charge in [0.15, 0.2) is 0 Å². The summed E-state index contributed by atoms with van der Waals surface area (Å²) in [6.07, 6.45) is 0. The van der Waals surface area contributed by atoms with Gasteiger partial charge in [-0.15, -0.1) is 0 Å². The van der Waals surface area contributed by atoms with Gasteiger partial charge in [-0.2, -0.15) is 0 Å². The topological polar surface area (TPSA) is 61.4 Å². The minimum Gasteiger partial charge on any atom is -0.333 e. The van der Waals surface area contributed by atoms with Crippen LogP contribution in [0.1, 0.15) is 27.7 Å². The van der Waals surface area contributed by atoms with Crippen molar-refractivity contribution in [2.75, 3.05) is 13.1 Å². The molecular formula is C8H21N2O2P. The lowest BCUT2D eigenvalue weighted by atomic mass is 10.4. The van der Waals surface area contributed by atoms with Crippen molar-refractivity contribution in [2.24, 2.45) is 0 Å². The molecule has 0 saturated heterocycles. The van der Waals surface area contributed by atoms with Gasteiger partial charge in [0.05, 0.1) is 0 Å². The monoisotopic (exact) mass is 208 g/mol. The fraction of sp³-hybridized carbons (Fsp3) is 1.00. The van der Waals surface area contributed by atoms with E-state index in [1.807, 2.05) is 13.8 Å². The Morgan fingerprint density at radius 1 is 1.23 bits per heavy atom. The SMILES string of the molecule is CC(C)NCCNP(=O)(O)C(C)C. The summed E-state index contributed by atoms with van der Waals surface area (Å²) in [5.74, 6) is 0. The molecular weight excluding hydrogens is 187 g/mol. The molecule has 0 fully saturated rings. The van der Waals surface area contributed by atoms with Crippen LogP contribution in [0.4, 0.5) is 0 Å². The lowest BCUT2D eigenvalue weighted by Gasteiger charge is -2.17. The minimum atomic E-state index is -3.11. The summed E-state index contributed by atoms with van der Waals surface area (Å²) in [6, 6.07) is 0.416. The zero-order valence-electron chi connectivity index (χ0n) is 8.87. The molecule has 0 amide bonds. The van der Waals surface area contributed by atoms with Gasteiger partial charge in [-0.05, 0) is 0 Å². The lowest BCUT2D eigenvalue weighted by molar-refractivity contribution is 0.450. The Balaban J connectivity index is 3.59. The van der Waals surface area contributed by atoms with Crippen molar-refractivity contribution in [1.82, 2.24) is 10.4 Å². The molecule has 0 radical (unpaired) electrons. The third-order valence-corrected chi connectivity index (χ3v) is 3.79. The highest BCUT2D eigenvalue weighted by molar-refractivity contribution is 7.56. The van der Waals surface area contributed by atoms with Gasteiger partial charge < -0.3 is 10.2 Å². The van der Waals surface area contributed by atoms with Crippen molar-refractivity contribution < 1.29 is 9.46 Å². The first kappa shape index (κ1) is 13.1. The largest absolute Gasteiger partial charge is 0.333 e. The van der Waals surface area contributed by atoms with Crippen LogP contribution in [0.25, 0.3) is 0 Å². The molecule has 0 rings (SSSR count). The highest BCUT2D eigenvalue weighted by atomic mass is 31.2. The number of hydrogen-bond acceptors (Lipinski definition) is 2. The van der Waals surface area contributed by atoms with Gasteiger partial charge in [-0.3, -0.25) is 4.57 Å². The Labute approximate surface area is 80.6 Å². The Bertz CT molecular complexity index is 183. The highest BCUT2D eigenvalue weighted by Gasteiger charge is 2.21. The Kier molecular flexibility index (Phi) is 5.81. The van der Waals surface area contributed by atoms with Crippen LogP contribution in [0.2, 0.25) is 0 Å². The smallest absolute Gasteiger partial charge is 0.269 e. The fourth-order valence-corrected chi connectivity index (χ4v) is 1.56. The van der Waals surface area contributed by atoms with Gasteiger partial charge in [0, 0.05) is 24.8 Å². The molecule has 0 saturated carbocycles. The van der Waals surface area contributed by atoms with Crippen molar-refractivity contribution in [3.05, 3.63) is 0 Å². The van der Waals surface area contributed by atoms with Crippen molar-refractivity contribution in [3.8, 4) is 0 Å². The van der Waals surface area contributed by atoms with E-state index in [1.165, 1.54) is 0 Å². The van der Waals surface area contributed by atoms with Crippen LogP contribution in [0.3, 0.4) is 0 Å². The van der Waals surface area contributed by atoms with Gasteiger partial charge in [-0.25, -0.2) is 5.09 Å². The van der Waals surface area contributed by atoms with Crippen LogP contribution in [-0.2, 0) is 4.57 Å². The normalized spacial score (nSPS) is 16.5. The van der Waals surface area contributed by atoms with E-state index >= 15 is 0 Å². The summed E-state index contributed by atoms with van der Waals surface area (Å²) in [5.41, 5.74) is -0.216. The van der Waals surface area contributed by atoms with E-state index in [0.717, 1.165) is 6.54 Å². The third-order valence-electron chi connectivity index (χ3n) is 1.72. The van der Waals surface area contributed by atoms with Crippen molar-refractivity contribution >= 4 is 7.52 Å². The first-order valence-corrected chi connectivity index (χ1v) is 6.40. The molecule has 13 heavy (non-hydrogen) atoms. The Morgan fingerprint density at radius 3 is 2.15 bits per heavy atom. The second-order valence-electron chi connectivity index (χ2n) is 3.73. The van der Waals surface area contributed by atoms with E-state index in [9.17, 15) is 9.46 Å². The summed E-state index contributed by atoms with van der Waals surface area (Å²) in [7, 11) is -3.11. The number of rotatable bonds is 6. The van der Waals surface area contributed by atoms with Gasteiger partial charge in [0.2, 0.25) is 0 Å². The summed E-state index contributed by atoms with van der Waals surface area (Å²) >= 11 is 0. The molecule has 1 atom stereocenters.